The maximum Gasteiger partial charge on any atom is 0.225 e. The molecule has 3 nitrogen and oxygen atoms in total. The fourth-order valence-electron chi connectivity index (χ4n) is 2.65. The molecule has 0 aliphatic carbocycles. The lowest BCUT2D eigenvalue weighted by molar-refractivity contribution is -0.116. The number of hydrogen-bond acceptors (Lipinski definition) is 2. The van der Waals surface area contributed by atoms with E-state index in [1.165, 1.54) is 14.7 Å². The van der Waals surface area contributed by atoms with Crippen LogP contribution in [0, 0.1) is 10.5 Å². The second-order valence-electron chi connectivity index (χ2n) is 5.38. The molecule has 1 atom stereocenters. The van der Waals surface area contributed by atoms with E-state index < -0.39 is 0 Å². The summed E-state index contributed by atoms with van der Waals surface area (Å²) in [6.45, 7) is 2.90. The predicted octanol–water partition coefficient (Wildman–Crippen LogP) is 4.14. The molecular formula is C17H17IN2O. The standard InChI is InChI=1S/C17H17IN2O/c1-11-6-7-13(9-15(11)18)20-17(21)8-12-10-19-16-5-3-2-4-14(12)16/h2-7,9,12,19H,8,10H2,1H3,(H,20,21). The van der Waals surface area contributed by atoms with Crippen molar-refractivity contribution < 1.29 is 4.79 Å². The van der Waals surface area contributed by atoms with Crippen molar-refractivity contribution in [3.63, 3.8) is 0 Å². The molecule has 0 radical (unpaired) electrons. The van der Waals surface area contributed by atoms with Gasteiger partial charge in [0.05, 0.1) is 0 Å². The molecule has 1 aliphatic rings. The molecule has 0 saturated heterocycles. The van der Waals surface area contributed by atoms with E-state index in [1.807, 2.05) is 30.3 Å². The zero-order chi connectivity index (χ0) is 14.8. The van der Waals surface area contributed by atoms with E-state index >= 15 is 0 Å². The van der Waals surface area contributed by atoms with Gasteiger partial charge in [0, 0.05) is 33.8 Å². The van der Waals surface area contributed by atoms with Gasteiger partial charge in [-0.2, -0.15) is 0 Å². The first kappa shape index (κ1) is 14.4. The van der Waals surface area contributed by atoms with Gasteiger partial charge in [0.15, 0.2) is 0 Å². The molecule has 4 heteroatoms. The minimum absolute atomic E-state index is 0.0677. The number of hydrogen-bond donors (Lipinski definition) is 2. The molecule has 0 bridgehead atoms. The van der Waals surface area contributed by atoms with Crippen molar-refractivity contribution in [3.8, 4) is 0 Å². The van der Waals surface area contributed by atoms with Gasteiger partial charge < -0.3 is 10.6 Å². The van der Waals surface area contributed by atoms with E-state index in [2.05, 4.69) is 52.3 Å². The Balaban J connectivity index is 1.66. The van der Waals surface area contributed by atoms with Crippen molar-refractivity contribution in [2.45, 2.75) is 19.3 Å². The quantitative estimate of drug-likeness (QED) is 0.772. The zero-order valence-corrected chi connectivity index (χ0v) is 14.0. The molecule has 108 valence electrons. The molecule has 1 unspecified atom stereocenters. The van der Waals surface area contributed by atoms with Gasteiger partial charge in [-0.05, 0) is 58.8 Å². The summed E-state index contributed by atoms with van der Waals surface area (Å²) in [4.78, 5) is 12.2. The number of benzene rings is 2. The Morgan fingerprint density at radius 3 is 2.95 bits per heavy atom. The monoisotopic (exact) mass is 392 g/mol. The van der Waals surface area contributed by atoms with Crippen molar-refractivity contribution in [2.24, 2.45) is 0 Å². The highest BCUT2D eigenvalue weighted by Gasteiger charge is 2.23. The Labute approximate surface area is 138 Å². The topological polar surface area (TPSA) is 41.1 Å². The van der Waals surface area contributed by atoms with Gasteiger partial charge in [-0.3, -0.25) is 4.79 Å². The average Bonchev–Trinajstić information content (AvgIpc) is 2.86. The molecule has 1 amide bonds. The van der Waals surface area contributed by atoms with Crippen LogP contribution in [0.3, 0.4) is 0 Å². The summed E-state index contributed by atoms with van der Waals surface area (Å²) in [6, 6.07) is 14.2. The SMILES string of the molecule is Cc1ccc(NC(=O)CC2CNc3ccccc32)cc1I. The smallest absolute Gasteiger partial charge is 0.225 e. The van der Waals surface area contributed by atoms with Crippen molar-refractivity contribution in [1.29, 1.82) is 0 Å². The lowest BCUT2D eigenvalue weighted by atomic mass is 9.97. The van der Waals surface area contributed by atoms with Crippen LogP contribution in [0.5, 0.6) is 0 Å². The number of anilines is 2. The van der Waals surface area contributed by atoms with Crippen LogP contribution >= 0.6 is 22.6 Å². The number of para-hydroxylation sites is 1. The second kappa shape index (κ2) is 6.05. The molecule has 21 heavy (non-hydrogen) atoms. The van der Waals surface area contributed by atoms with Gasteiger partial charge in [0.2, 0.25) is 5.91 Å². The number of fused-ring (bicyclic) bond motifs is 1. The van der Waals surface area contributed by atoms with Crippen LogP contribution in [-0.2, 0) is 4.79 Å². The highest BCUT2D eigenvalue weighted by Crippen LogP contribution is 2.33. The molecule has 0 fully saturated rings. The number of amides is 1. The molecule has 0 saturated carbocycles. The maximum absolute atomic E-state index is 12.2. The molecule has 1 aliphatic heterocycles. The first-order chi connectivity index (χ1) is 10.1. The third-order valence-electron chi connectivity index (χ3n) is 3.83. The number of nitrogens with one attached hydrogen (secondary N) is 2. The molecule has 2 N–H and O–H groups in total. The fraction of sp³-hybridized carbons (Fsp3) is 0.235. The second-order valence-corrected chi connectivity index (χ2v) is 6.54. The van der Waals surface area contributed by atoms with E-state index in [9.17, 15) is 4.79 Å². The third-order valence-corrected chi connectivity index (χ3v) is 4.99. The van der Waals surface area contributed by atoms with Crippen molar-refractivity contribution in [3.05, 3.63) is 57.2 Å². The first-order valence-electron chi connectivity index (χ1n) is 7.02. The molecular weight excluding hydrogens is 375 g/mol. The minimum Gasteiger partial charge on any atom is -0.384 e. The molecule has 2 aromatic rings. The normalized spacial score (nSPS) is 16.2. The summed E-state index contributed by atoms with van der Waals surface area (Å²) < 4.78 is 1.17. The Bertz CT molecular complexity index is 684. The summed E-state index contributed by atoms with van der Waals surface area (Å²) in [7, 11) is 0. The Morgan fingerprint density at radius 2 is 2.14 bits per heavy atom. The summed E-state index contributed by atoms with van der Waals surface area (Å²) in [5.74, 6) is 0.323. The maximum atomic E-state index is 12.2. The number of rotatable bonds is 3. The minimum atomic E-state index is 0.0677. The van der Waals surface area contributed by atoms with Crippen LogP contribution in [0.1, 0.15) is 23.5 Å². The van der Waals surface area contributed by atoms with Gasteiger partial charge >= 0.3 is 0 Å². The number of aryl methyl sites for hydroxylation is 1. The predicted molar refractivity (Wildman–Crippen MR) is 94.8 cm³/mol. The van der Waals surface area contributed by atoms with Crippen LogP contribution < -0.4 is 10.6 Å². The van der Waals surface area contributed by atoms with Crippen LogP contribution in [0.2, 0.25) is 0 Å². The van der Waals surface area contributed by atoms with Gasteiger partial charge in [0.25, 0.3) is 0 Å². The van der Waals surface area contributed by atoms with Crippen LogP contribution in [0.25, 0.3) is 0 Å². The number of carbonyl (C=O) groups is 1. The summed E-state index contributed by atoms with van der Waals surface area (Å²) >= 11 is 2.29. The zero-order valence-electron chi connectivity index (χ0n) is 11.8. The molecule has 0 aromatic heterocycles. The third kappa shape index (κ3) is 3.20. The van der Waals surface area contributed by atoms with Crippen molar-refractivity contribution in [2.75, 3.05) is 17.2 Å². The van der Waals surface area contributed by atoms with Crippen molar-refractivity contribution >= 4 is 39.9 Å². The fourth-order valence-corrected chi connectivity index (χ4v) is 3.16. The van der Waals surface area contributed by atoms with Crippen LogP contribution in [0.15, 0.2) is 42.5 Å². The molecule has 2 aromatic carbocycles. The average molecular weight is 392 g/mol. The Morgan fingerprint density at radius 1 is 1.33 bits per heavy atom. The van der Waals surface area contributed by atoms with Gasteiger partial charge in [-0.1, -0.05) is 24.3 Å². The molecule has 3 rings (SSSR count). The summed E-state index contributed by atoms with van der Waals surface area (Å²) in [5, 5.41) is 6.35. The Hall–Kier alpha value is -1.56. The van der Waals surface area contributed by atoms with Crippen molar-refractivity contribution in [1.82, 2.24) is 0 Å². The number of halogens is 1. The van der Waals surface area contributed by atoms with Crippen LogP contribution in [-0.4, -0.2) is 12.5 Å². The van der Waals surface area contributed by atoms with E-state index in [4.69, 9.17) is 0 Å². The van der Waals surface area contributed by atoms with Gasteiger partial charge in [-0.15, -0.1) is 0 Å². The van der Waals surface area contributed by atoms with E-state index in [-0.39, 0.29) is 11.8 Å². The van der Waals surface area contributed by atoms with E-state index in [0.717, 1.165) is 17.9 Å². The summed E-state index contributed by atoms with van der Waals surface area (Å²) in [6.07, 6.45) is 0.508. The highest BCUT2D eigenvalue weighted by molar-refractivity contribution is 14.1. The van der Waals surface area contributed by atoms with Crippen LogP contribution in [0.4, 0.5) is 11.4 Å². The lowest BCUT2D eigenvalue weighted by Gasteiger charge is -2.11. The lowest BCUT2D eigenvalue weighted by Crippen LogP contribution is -2.16. The molecule has 1 heterocycles. The first-order valence-corrected chi connectivity index (χ1v) is 8.10. The molecule has 0 spiro atoms. The van der Waals surface area contributed by atoms with E-state index in [0.29, 0.717) is 6.42 Å². The highest BCUT2D eigenvalue weighted by atomic mass is 127. The number of carbonyl (C=O) groups excluding carboxylic acids is 1. The van der Waals surface area contributed by atoms with Gasteiger partial charge in [0.1, 0.15) is 0 Å². The van der Waals surface area contributed by atoms with E-state index in [1.54, 1.807) is 0 Å². The Kier molecular flexibility index (Phi) is 4.14. The van der Waals surface area contributed by atoms with Gasteiger partial charge in [-0.25, -0.2) is 0 Å². The summed E-state index contributed by atoms with van der Waals surface area (Å²) in [5.41, 5.74) is 4.49. The largest absolute Gasteiger partial charge is 0.384 e.